The van der Waals surface area contributed by atoms with Crippen LogP contribution in [0.3, 0.4) is 0 Å². The smallest absolute Gasteiger partial charge is 0.263 e. The normalized spacial score (nSPS) is 20.0. The molecule has 1 amide bonds. The van der Waals surface area contributed by atoms with E-state index < -0.39 is 0 Å². The van der Waals surface area contributed by atoms with Crippen LogP contribution in [0.5, 0.6) is 0 Å². The highest BCUT2D eigenvalue weighted by Gasteiger charge is 2.31. The van der Waals surface area contributed by atoms with Crippen LogP contribution in [-0.2, 0) is 13.0 Å². The van der Waals surface area contributed by atoms with Crippen LogP contribution in [0.25, 0.3) is 0 Å². The number of aromatic nitrogens is 1. The first-order chi connectivity index (χ1) is 13.1. The Labute approximate surface area is 175 Å². The molecule has 0 spiro atoms. The van der Waals surface area contributed by atoms with Crippen molar-refractivity contribution >= 4 is 29.9 Å². The third-order valence-electron chi connectivity index (χ3n) is 5.62. The molecule has 1 fully saturated rings. The van der Waals surface area contributed by atoms with E-state index in [0.29, 0.717) is 24.9 Å². The largest absolute Gasteiger partial charge is 0.352 e. The molecule has 2 bridgehead atoms. The van der Waals surface area contributed by atoms with E-state index in [1.165, 1.54) is 0 Å². The minimum absolute atomic E-state index is 0. The summed E-state index contributed by atoms with van der Waals surface area (Å²) in [6.45, 7) is 3.07. The third-order valence-corrected chi connectivity index (χ3v) is 5.99. The lowest BCUT2D eigenvalue weighted by Gasteiger charge is -2.37. The van der Waals surface area contributed by atoms with E-state index in [2.05, 4.69) is 10.6 Å². The second kappa shape index (κ2) is 9.12. The predicted octanol–water partition coefficient (Wildman–Crippen LogP) is 2.99. The van der Waals surface area contributed by atoms with Crippen LogP contribution in [0.2, 0.25) is 5.02 Å². The van der Waals surface area contributed by atoms with Crippen LogP contribution in [0.4, 0.5) is 0 Å². The van der Waals surface area contributed by atoms with E-state index in [-0.39, 0.29) is 29.4 Å². The van der Waals surface area contributed by atoms with E-state index in [9.17, 15) is 9.59 Å². The fourth-order valence-electron chi connectivity index (χ4n) is 4.24. The Morgan fingerprint density at radius 1 is 1.21 bits per heavy atom. The summed E-state index contributed by atoms with van der Waals surface area (Å²) in [7, 11) is 0. The Kier molecular flexibility index (Phi) is 6.81. The van der Waals surface area contributed by atoms with E-state index in [1.54, 1.807) is 6.07 Å². The van der Waals surface area contributed by atoms with Gasteiger partial charge >= 0.3 is 0 Å². The summed E-state index contributed by atoms with van der Waals surface area (Å²) < 4.78 is 1.82. The molecule has 0 unspecified atom stereocenters. The van der Waals surface area contributed by atoms with Gasteiger partial charge in [0, 0.05) is 36.3 Å². The van der Waals surface area contributed by atoms with Gasteiger partial charge in [-0.05, 0) is 55.5 Å². The van der Waals surface area contributed by atoms with E-state index in [1.807, 2.05) is 34.9 Å². The molecule has 0 aliphatic carbocycles. The van der Waals surface area contributed by atoms with Gasteiger partial charge in [-0.2, -0.15) is 0 Å². The summed E-state index contributed by atoms with van der Waals surface area (Å²) in [4.78, 5) is 25.4. The molecule has 7 heteroatoms. The molecule has 5 nitrogen and oxygen atoms in total. The number of hydrogen-bond acceptors (Lipinski definition) is 3. The molecule has 0 saturated carbocycles. The lowest BCUT2D eigenvalue weighted by Crippen LogP contribution is -2.46. The second-order valence-electron chi connectivity index (χ2n) is 7.50. The number of halogens is 2. The number of pyridine rings is 1. The summed E-state index contributed by atoms with van der Waals surface area (Å²) in [5.41, 5.74) is 2.21. The number of hydrogen-bond donors (Lipinski definition) is 2. The lowest BCUT2D eigenvalue weighted by molar-refractivity contribution is 0.0950. The molecule has 28 heavy (non-hydrogen) atoms. The van der Waals surface area contributed by atoms with Crippen LogP contribution in [-0.4, -0.2) is 30.1 Å². The van der Waals surface area contributed by atoms with Gasteiger partial charge < -0.3 is 15.2 Å². The average Bonchev–Trinajstić information content (AvgIpc) is 2.67. The van der Waals surface area contributed by atoms with Crippen LogP contribution in [0.1, 0.15) is 40.4 Å². The van der Waals surface area contributed by atoms with Crippen LogP contribution >= 0.6 is 24.0 Å². The average molecular weight is 422 g/mol. The van der Waals surface area contributed by atoms with Crippen molar-refractivity contribution in [2.24, 2.45) is 5.92 Å². The Hall–Kier alpha value is -1.82. The fourth-order valence-corrected chi connectivity index (χ4v) is 4.47. The van der Waals surface area contributed by atoms with Crippen LogP contribution < -0.4 is 16.2 Å². The summed E-state index contributed by atoms with van der Waals surface area (Å²) >= 11 is 6.15. The van der Waals surface area contributed by atoms with E-state index in [4.69, 9.17) is 11.6 Å². The number of nitrogens with one attached hydrogen (secondary N) is 2. The molecule has 3 heterocycles. The van der Waals surface area contributed by atoms with Crippen molar-refractivity contribution in [1.29, 1.82) is 0 Å². The SMILES string of the molecule is Cl.O=C(NCCCc1ccccc1Cl)c1ccc2n(c1=O)C[C@@H]1CNC[C@H]2C1. The minimum Gasteiger partial charge on any atom is -0.352 e. The third kappa shape index (κ3) is 4.27. The highest BCUT2D eigenvalue weighted by atomic mass is 35.5. The number of rotatable bonds is 5. The van der Waals surface area contributed by atoms with Gasteiger partial charge in [0.05, 0.1) is 0 Å². The molecule has 1 aromatic heterocycles. The molecule has 1 aromatic carbocycles. The summed E-state index contributed by atoms with van der Waals surface area (Å²) in [6, 6.07) is 11.4. The quantitative estimate of drug-likeness (QED) is 0.729. The number of amides is 1. The molecular formula is C21H25Cl2N3O2. The van der Waals surface area contributed by atoms with Gasteiger partial charge in [-0.1, -0.05) is 29.8 Å². The molecule has 4 rings (SSSR count). The zero-order valence-corrected chi connectivity index (χ0v) is 17.2. The number of nitrogens with zero attached hydrogens (tertiary/aromatic N) is 1. The molecule has 2 aliphatic rings. The van der Waals surface area contributed by atoms with Crippen molar-refractivity contribution < 1.29 is 4.79 Å². The number of carbonyl (C=O) groups is 1. The van der Waals surface area contributed by atoms with Crippen LogP contribution in [0, 0.1) is 5.92 Å². The van der Waals surface area contributed by atoms with Crippen molar-refractivity contribution in [3.8, 4) is 0 Å². The first kappa shape index (κ1) is 20.9. The molecule has 150 valence electrons. The topological polar surface area (TPSA) is 63.1 Å². The van der Waals surface area contributed by atoms with Gasteiger partial charge in [-0.25, -0.2) is 0 Å². The first-order valence-electron chi connectivity index (χ1n) is 9.59. The van der Waals surface area contributed by atoms with E-state index >= 15 is 0 Å². The zero-order chi connectivity index (χ0) is 18.8. The summed E-state index contributed by atoms with van der Waals surface area (Å²) in [5, 5.41) is 7.06. The number of carbonyl (C=O) groups excluding carboxylic acids is 1. The second-order valence-corrected chi connectivity index (χ2v) is 7.90. The molecular weight excluding hydrogens is 397 g/mol. The highest BCUT2D eigenvalue weighted by molar-refractivity contribution is 6.31. The predicted molar refractivity (Wildman–Crippen MR) is 114 cm³/mol. The Balaban J connectivity index is 0.00000225. The lowest BCUT2D eigenvalue weighted by atomic mass is 9.84. The van der Waals surface area contributed by atoms with Gasteiger partial charge in [0.2, 0.25) is 0 Å². The highest BCUT2D eigenvalue weighted by Crippen LogP contribution is 2.31. The van der Waals surface area contributed by atoms with Crippen molar-refractivity contribution in [2.45, 2.75) is 31.7 Å². The maximum atomic E-state index is 12.8. The number of benzene rings is 1. The summed E-state index contributed by atoms with van der Waals surface area (Å²) in [5.74, 6) is 0.559. The molecule has 2 N–H and O–H groups in total. The Bertz CT molecular complexity index is 913. The maximum Gasteiger partial charge on any atom is 0.263 e. The zero-order valence-electron chi connectivity index (χ0n) is 15.6. The first-order valence-corrected chi connectivity index (χ1v) is 9.97. The monoisotopic (exact) mass is 421 g/mol. The molecule has 2 atom stereocenters. The number of piperidine rings is 1. The molecule has 2 aromatic rings. The van der Waals surface area contributed by atoms with Crippen molar-refractivity contribution in [3.05, 3.63) is 68.6 Å². The number of aryl methyl sites for hydroxylation is 1. The van der Waals surface area contributed by atoms with Gasteiger partial charge in [0.25, 0.3) is 11.5 Å². The Morgan fingerprint density at radius 2 is 2.04 bits per heavy atom. The molecule has 0 radical (unpaired) electrons. The van der Waals surface area contributed by atoms with Gasteiger partial charge in [-0.3, -0.25) is 9.59 Å². The van der Waals surface area contributed by atoms with Crippen molar-refractivity contribution in [2.75, 3.05) is 19.6 Å². The molecule has 2 aliphatic heterocycles. The Morgan fingerprint density at radius 3 is 2.86 bits per heavy atom. The summed E-state index contributed by atoms with van der Waals surface area (Å²) in [6.07, 6.45) is 2.69. The maximum absolute atomic E-state index is 12.8. The van der Waals surface area contributed by atoms with E-state index in [0.717, 1.165) is 48.6 Å². The van der Waals surface area contributed by atoms with Gasteiger partial charge in [0.1, 0.15) is 5.56 Å². The minimum atomic E-state index is -0.289. The van der Waals surface area contributed by atoms with Gasteiger partial charge in [-0.15, -0.1) is 12.4 Å². The van der Waals surface area contributed by atoms with Crippen LogP contribution in [0.15, 0.2) is 41.2 Å². The molecule has 1 saturated heterocycles. The van der Waals surface area contributed by atoms with Crippen molar-refractivity contribution in [3.63, 3.8) is 0 Å². The van der Waals surface area contributed by atoms with Crippen molar-refractivity contribution in [1.82, 2.24) is 15.2 Å². The van der Waals surface area contributed by atoms with Gasteiger partial charge in [0.15, 0.2) is 0 Å². The number of fused-ring (bicyclic) bond motifs is 4. The standard InChI is InChI=1S/C21H24ClN3O2.ClH/c22-18-6-2-1-4-15(18)5-3-9-24-20(26)17-7-8-19-16-10-14(11-23-12-16)13-25(19)21(17)27;/h1-2,4,6-8,14,16,23H,3,5,9-13H2,(H,24,26);1H/t14-,16+;/m0./s1. The fraction of sp³-hybridized carbons (Fsp3) is 0.429.